The number of benzene rings is 2. The molecule has 2 aromatic carbocycles. The molecule has 2 aliphatic rings. The number of hydrogen-bond acceptors (Lipinski definition) is 5. The lowest BCUT2D eigenvalue weighted by molar-refractivity contribution is -0.221. The first kappa shape index (κ1) is 18.6. The van der Waals surface area contributed by atoms with Crippen molar-refractivity contribution in [2.45, 2.75) is 19.3 Å². The van der Waals surface area contributed by atoms with Crippen molar-refractivity contribution in [1.82, 2.24) is 10.2 Å². The number of rotatable bonds is 4. The summed E-state index contributed by atoms with van der Waals surface area (Å²) in [5.74, 6) is 1.22. The van der Waals surface area contributed by atoms with Crippen molar-refractivity contribution in [3.05, 3.63) is 63.6 Å². The predicted molar refractivity (Wildman–Crippen MR) is 107 cm³/mol. The third kappa shape index (κ3) is 4.06. The minimum absolute atomic E-state index is 0.116. The highest BCUT2D eigenvalue weighted by Gasteiger charge is 2.30. The van der Waals surface area contributed by atoms with E-state index < -0.39 is 0 Å². The van der Waals surface area contributed by atoms with Gasteiger partial charge in [0.25, 0.3) is 0 Å². The molecule has 142 valence electrons. The van der Waals surface area contributed by atoms with Crippen LogP contribution in [0.3, 0.4) is 0 Å². The summed E-state index contributed by atoms with van der Waals surface area (Å²) in [6, 6.07) is 14.0. The molecule has 0 spiro atoms. The molecule has 1 N–H and O–H groups in total. The van der Waals surface area contributed by atoms with Crippen LogP contribution in [0.2, 0.25) is 10.0 Å². The highest BCUT2D eigenvalue weighted by Crippen LogP contribution is 2.34. The van der Waals surface area contributed by atoms with Gasteiger partial charge in [-0.25, -0.2) is 9.83 Å². The van der Waals surface area contributed by atoms with Gasteiger partial charge >= 0.3 is 0 Å². The number of hydroxylamine groups is 1. The van der Waals surface area contributed by atoms with Crippen LogP contribution in [-0.4, -0.2) is 40.9 Å². The van der Waals surface area contributed by atoms with Gasteiger partial charge in [0.05, 0.1) is 10.0 Å². The van der Waals surface area contributed by atoms with E-state index in [1.54, 1.807) is 17.3 Å². The molecule has 0 saturated carbocycles. The van der Waals surface area contributed by atoms with Gasteiger partial charge in [0.1, 0.15) is 0 Å². The van der Waals surface area contributed by atoms with Gasteiger partial charge in [-0.05, 0) is 42.9 Å². The molecule has 27 heavy (non-hydrogen) atoms. The Hall–Kier alpha value is -1.79. The maximum atomic E-state index is 9.78. The van der Waals surface area contributed by atoms with Crippen molar-refractivity contribution in [3.8, 4) is 5.75 Å². The summed E-state index contributed by atoms with van der Waals surface area (Å²) in [6.45, 7) is 2.06. The smallest absolute Gasteiger partial charge is 0.176 e. The molecule has 0 aliphatic carbocycles. The summed E-state index contributed by atoms with van der Waals surface area (Å²) in [6.07, 6.45) is 3.30. The van der Waals surface area contributed by atoms with Crippen molar-refractivity contribution in [2.24, 2.45) is 10.9 Å². The third-order valence-electron chi connectivity index (χ3n) is 5.07. The molecule has 0 bridgehead atoms. The van der Waals surface area contributed by atoms with Gasteiger partial charge in [0, 0.05) is 18.7 Å². The second-order valence-corrected chi connectivity index (χ2v) is 7.70. The van der Waals surface area contributed by atoms with Gasteiger partial charge in [-0.2, -0.15) is 10.2 Å². The molecule has 0 unspecified atom stereocenters. The molecule has 0 amide bonds. The van der Waals surface area contributed by atoms with E-state index in [1.165, 1.54) is 5.56 Å². The van der Waals surface area contributed by atoms with Crippen LogP contribution in [0.4, 0.5) is 0 Å². The zero-order valence-electron chi connectivity index (χ0n) is 14.8. The summed E-state index contributed by atoms with van der Waals surface area (Å²) >= 11 is 12.1. The van der Waals surface area contributed by atoms with E-state index in [9.17, 15) is 5.11 Å². The molecule has 0 atom stereocenters. The summed E-state index contributed by atoms with van der Waals surface area (Å²) in [7, 11) is 0. The van der Waals surface area contributed by atoms with Gasteiger partial charge < -0.3 is 5.11 Å². The maximum Gasteiger partial charge on any atom is 0.176 e. The number of amidine groups is 1. The Labute approximate surface area is 168 Å². The van der Waals surface area contributed by atoms with E-state index in [4.69, 9.17) is 28.0 Å². The van der Waals surface area contributed by atoms with Crippen LogP contribution >= 0.6 is 23.2 Å². The fourth-order valence-electron chi connectivity index (χ4n) is 3.63. The van der Waals surface area contributed by atoms with Gasteiger partial charge in [-0.1, -0.05) is 53.5 Å². The first-order valence-corrected chi connectivity index (χ1v) is 9.82. The predicted octanol–water partition coefficient (Wildman–Crippen LogP) is 4.52. The third-order valence-corrected chi connectivity index (χ3v) is 5.64. The Morgan fingerprint density at radius 3 is 2.41 bits per heavy atom. The Balaban J connectivity index is 1.42. The van der Waals surface area contributed by atoms with Crippen LogP contribution in [0.25, 0.3) is 0 Å². The number of phenols is 1. The highest BCUT2D eigenvalue weighted by molar-refractivity contribution is 6.37. The fourth-order valence-corrected chi connectivity index (χ4v) is 4.12. The molecular weight excluding hydrogens is 385 g/mol. The van der Waals surface area contributed by atoms with Gasteiger partial charge in [-0.15, -0.1) is 0 Å². The van der Waals surface area contributed by atoms with E-state index in [-0.39, 0.29) is 22.5 Å². The first-order valence-electron chi connectivity index (χ1n) is 9.06. The summed E-state index contributed by atoms with van der Waals surface area (Å²) in [4.78, 5) is 10.2. The number of aromatic hydroxyl groups is 1. The van der Waals surface area contributed by atoms with Crippen LogP contribution in [0.15, 0.2) is 47.5 Å². The molecule has 1 fully saturated rings. The molecule has 2 heterocycles. The Morgan fingerprint density at radius 2 is 1.74 bits per heavy atom. The normalized spacial score (nSPS) is 18.7. The Kier molecular flexibility index (Phi) is 5.55. The van der Waals surface area contributed by atoms with E-state index in [2.05, 4.69) is 40.3 Å². The topological polar surface area (TPSA) is 48.3 Å². The number of nitrogens with zero attached hydrogens (tertiary/aromatic N) is 3. The molecule has 5 nitrogen and oxygen atoms in total. The van der Waals surface area contributed by atoms with Gasteiger partial charge in [0.2, 0.25) is 0 Å². The van der Waals surface area contributed by atoms with Gasteiger partial charge in [-0.3, -0.25) is 0 Å². The Morgan fingerprint density at radius 1 is 1.07 bits per heavy atom. The van der Waals surface area contributed by atoms with E-state index in [1.807, 2.05) is 0 Å². The average Bonchev–Trinajstić information content (AvgIpc) is 3.17. The summed E-state index contributed by atoms with van der Waals surface area (Å²) in [5, 5.41) is 14.1. The number of phenolic OH excluding ortho intramolecular Hbond substituents is 1. The van der Waals surface area contributed by atoms with E-state index in [0.29, 0.717) is 11.8 Å². The number of hydrazine groups is 1. The summed E-state index contributed by atoms with van der Waals surface area (Å²) in [5.41, 5.74) is 2.12. The first-order chi connectivity index (χ1) is 13.1. The molecule has 4 rings (SSSR count). The van der Waals surface area contributed by atoms with Crippen LogP contribution in [0.5, 0.6) is 5.75 Å². The van der Waals surface area contributed by atoms with Crippen LogP contribution in [-0.2, 0) is 11.3 Å². The molecule has 2 aliphatic heterocycles. The van der Waals surface area contributed by atoms with E-state index >= 15 is 0 Å². The zero-order valence-corrected chi connectivity index (χ0v) is 16.3. The molecular formula is C20H21Cl2N3O2. The van der Waals surface area contributed by atoms with Crippen LogP contribution in [0.1, 0.15) is 24.0 Å². The fraction of sp³-hybridized carbons (Fsp3) is 0.350. The van der Waals surface area contributed by atoms with Crippen LogP contribution < -0.4 is 0 Å². The highest BCUT2D eigenvalue weighted by atomic mass is 35.5. The number of piperidine rings is 1. The quantitative estimate of drug-likeness (QED) is 0.811. The zero-order chi connectivity index (χ0) is 18.8. The minimum atomic E-state index is -0.116. The SMILES string of the molecule is Oc1c(Cl)cc(C2=NCON2N2CCC(Cc3ccccc3)CC2)cc1Cl. The summed E-state index contributed by atoms with van der Waals surface area (Å²) < 4.78 is 0. The van der Waals surface area contributed by atoms with E-state index in [0.717, 1.165) is 37.9 Å². The average molecular weight is 406 g/mol. The van der Waals surface area contributed by atoms with Crippen molar-refractivity contribution in [1.29, 1.82) is 0 Å². The minimum Gasteiger partial charge on any atom is -0.505 e. The maximum absolute atomic E-state index is 9.78. The number of halogens is 2. The van der Waals surface area contributed by atoms with Crippen molar-refractivity contribution >= 4 is 29.0 Å². The lowest BCUT2D eigenvalue weighted by Crippen LogP contribution is -2.48. The molecule has 0 radical (unpaired) electrons. The van der Waals surface area contributed by atoms with Crippen molar-refractivity contribution in [3.63, 3.8) is 0 Å². The Bertz CT molecular complexity index is 813. The van der Waals surface area contributed by atoms with Gasteiger partial charge in [0.15, 0.2) is 18.3 Å². The molecule has 2 aromatic rings. The standard InChI is InChI=1S/C20H21Cl2N3O2/c21-17-11-16(12-18(22)19(17)26)20-23-13-27-25(20)24-8-6-15(7-9-24)10-14-4-2-1-3-5-14/h1-5,11-12,15,26H,6-10,13H2. The largest absolute Gasteiger partial charge is 0.505 e. The molecule has 0 aromatic heterocycles. The second-order valence-electron chi connectivity index (χ2n) is 6.89. The molecule has 1 saturated heterocycles. The lowest BCUT2D eigenvalue weighted by atomic mass is 9.91. The van der Waals surface area contributed by atoms with Crippen molar-refractivity contribution in [2.75, 3.05) is 19.8 Å². The molecule has 7 heteroatoms. The van der Waals surface area contributed by atoms with Crippen molar-refractivity contribution < 1.29 is 9.94 Å². The lowest BCUT2D eigenvalue weighted by Gasteiger charge is -2.37. The van der Waals surface area contributed by atoms with Crippen LogP contribution in [0, 0.1) is 5.92 Å². The monoisotopic (exact) mass is 405 g/mol. The second kappa shape index (κ2) is 8.07. The number of hydrogen-bond donors (Lipinski definition) is 1. The number of aliphatic imine (C=N–C) groups is 1.